The molecule has 2 unspecified atom stereocenters. The first-order valence-electron chi connectivity index (χ1n) is 5.06. The molecule has 0 rings (SSSR count). The quantitative estimate of drug-likeness (QED) is 0.603. The fourth-order valence-corrected chi connectivity index (χ4v) is 1.38. The van der Waals surface area contributed by atoms with Gasteiger partial charge in [0.05, 0.1) is 12.0 Å². The Bertz CT molecular complexity index is 125. The Hall–Kier alpha value is 0.170. The third-order valence-electron chi connectivity index (χ3n) is 2.05. The van der Waals surface area contributed by atoms with Gasteiger partial charge in [0.25, 0.3) is 0 Å². The highest BCUT2D eigenvalue weighted by Gasteiger charge is 2.05. The van der Waals surface area contributed by atoms with Gasteiger partial charge in [-0.15, -0.1) is 11.6 Å². The van der Waals surface area contributed by atoms with E-state index in [4.69, 9.17) is 21.1 Å². The smallest absolute Gasteiger partial charge is 0.0626 e. The van der Waals surface area contributed by atoms with Gasteiger partial charge in [0.2, 0.25) is 0 Å². The zero-order valence-electron chi connectivity index (χ0n) is 9.38. The molecule has 0 aliphatic heterocycles. The van der Waals surface area contributed by atoms with Crippen molar-refractivity contribution in [2.75, 3.05) is 34.0 Å². The first-order valence-corrected chi connectivity index (χ1v) is 5.49. The molecule has 0 radical (unpaired) electrons. The molecule has 0 spiro atoms. The van der Waals surface area contributed by atoms with E-state index in [1.165, 1.54) is 0 Å². The molecule has 0 aromatic heterocycles. The third-order valence-corrected chi connectivity index (χ3v) is 2.40. The summed E-state index contributed by atoms with van der Waals surface area (Å²) in [5, 5.41) is 3.50. The van der Waals surface area contributed by atoms with E-state index in [1.807, 2.05) is 0 Å². The molecule has 1 N–H and O–H groups in total. The largest absolute Gasteiger partial charge is 0.385 e. The minimum atomic E-state index is 0.113. The zero-order valence-corrected chi connectivity index (χ0v) is 10.1. The van der Waals surface area contributed by atoms with Crippen LogP contribution >= 0.6 is 11.6 Å². The van der Waals surface area contributed by atoms with Gasteiger partial charge in [0, 0.05) is 26.9 Å². The molecule has 0 fully saturated rings. The maximum atomic E-state index is 5.98. The summed E-state index contributed by atoms with van der Waals surface area (Å²) in [6.07, 6.45) is 1.97. The summed E-state index contributed by atoms with van der Waals surface area (Å²) in [7, 11) is 3.39. The van der Waals surface area contributed by atoms with Gasteiger partial charge in [0.1, 0.15) is 0 Å². The zero-order chi connectivity index (χ0) is 10.8. The predicted octanol–water partition coefficient (Wildman–Crippen LogP) is 1.64. The molecule has 0 aliphatic carbocycles. The van der Waals surface area contributed by atoms with Crippen molar-refractivity contribution >= 4 is 11.6 Å². The molecule has 0 bridgehead atoms. The molecule has 2 atom stereocenters. The van der Waals surface area contributed by atoms with Crippen molar-refractivity contribution in [1.82, 2.24) is 5.32 Å². The second kappa shape index (κ2) is 9.71. The molecule has 0 aliphatic rings. The summed E-state index contributed by atoms with van der Waals surface area (Å²) >= 11 is 5.98. The molecule has 0 saturated carbocycles. The SMILES string of the molecule is COCCC(C)NCCC(Cl)COC. The average Bonchev–Trinajstić information content (AvgIpc) is 2.15. The highest BCUT2D eigenvalue weighted by molar-refractivity contribution is 6.20. The van der Waals surface area contributed by atoms with Gasteiger partial charge in [-0.3, -0.25) is 0 Å². The lowest BCUT2D eigenvalue weighted by atomic mass is 10.2. The van der Waals surface area contributed by atoms with Gasteiger partial charge in [-0.25, -0.2) is 0 Å². The van der Waals surface area contributed by atoms with Crippen molar-refractivity contribution in [3.05, 3.63) is 0 Å². The Morgan fingerprint density at radius 3 is 2.50 bits per heavy atom. The van der Waals surface area contributed by atoms with Crippen molar-refractivity contribution in [1.29, 1.82) is 0 Å². The normalized spacial score (nSPS) is 15.4. The van der Waals surface area contributed by atoms with Crippen LogP contribution in [0.3, 0.4) is 0 Å². The van der Waals surface area contributed by atoms with Crippen molar-refractivity contribution in [3.8, 4) is 0 Å². The van der Waals surface area contributed by atoms with Crippen LogP contribution in [0.15, 0.2) is 0 Å². The van der Waals surface area contributed by atoms with Crippen molar-refractivity contribution < 1.29 is 9.47 Å². The van der Waals surface area contributed by atoms with E-state index in [1.54, 1.807) is 14.2 Å². The lowest BCUT2D eigenvalue weighted by molar-refractivity contribution is 0.183. The molecular formula is C10H22ClNO2. The van der Waals surface area contributed by atoms with Crippen LogP contribution in [0, 0.1) is 0 Å². The lowest BCUT2D eigenvalue weighted by Crippen LogP contribution is -2.30. The van der Waals surface area contributed by atoms with E-state index in [-0.39, 0.29) is 5.38 Å². The van der Waals surface area contributed by atoms with Crippen LogP contribution in [0.5, 0.6) is 0 Å². The number of nitrogens with one attached hydrogen (secondary N) is 1. The monoisotopic (exact) mass is 223 g/mol. The van der Waals surface area contributed by atoms with Crippen LogP contribution in [-0.4, -0.2) is 45.4 Å². The number of rotatable bonds is 9. The number of halogens is 1. The maximum absolute atomic E-state index is 5.98. The Morgan fingerprint density at radius 2 is 1.93 bits per heavy atom. The van der Waals surface area contributed by atoms with Gasteiger partial charge in [-0.2, -0.15) is 0 Å². The topological polar surface area (TPSA) is 30.5 Å². The van der Waals surface area contributed by atoms with E-state index in [0.717, 1.165) is 26.0 Å². The van der Waals surface area contributed by atoms with E-state index in [2.05, 4.69) is 12.2 Å². The van der Waals surface area contributed by atoms with E-state index in [0.29, 0.717) is 12.6 Å². The van der Waals surface area contributed by atoms with Crippen molar-refractivity contribution in [2.24, 2.45) is 0 Å². The molecule has 0 aromatic carbocycles. The molecule has 14 heavy (non-hydrogen) atoms. The van der Waals surface area contributed by atoms with Crippen molar-refractivity contribution in [2.45, 2.75) is 31.2 Å². The summed E-state index contributed by atoms with van der Waals surface area (Å²) < 4.78 is 9.94. The van der Waals surface area contributed by atoms with Crippen LogP contribution in [0.4, 0.5) is 0 Å². The fraction of sp³-hybridized carbons (Fsp3) is 1.00. The van der Waals surface area contributed by atoms with Gasteiger partial charge in [-0.05, 0) is 26.3 Å². The molecule has 0 aromatic rings. The molecule has 86 valence electrons. The fourth-order valence-electron chi connectivity index (χ4n) is 1.15. The Balaban J connectivity index is 3.25. The maximum Gasteiger partial charge on any atom is 0.0626 e. The first kappa shape index (κ1) is 14.2. The number of methoxy groups -OCH3 is 2. The van der Waals surface area contributed by atoms with Gasteiger partial charge >= 0.3 is 0 Å². The van der Waals surface area contributed by atoms with E-state index in [9.17, 15) is 0 Å². The minimum absolute atomic E-state index is 0.113. The number of hydrogen-bond donors (Lipinski definition) is 1. The summed E-state index contributed by atoms with van der Waals surface area (Å²) in [5.74, 6) is 0. The molecular weight excluding hydrogens is 202 g/mol. The highest BCUT2D eigenvalue weighted by atomic mass is 35.5. The molecule has 3 nitrogen and oxygen atoms in total. The lowest BCUT2D eigenvalue weighted by Gasteiger charge is -2.14. The average molecular weight is 224 g/mol. The number of hydrogen-bond acceptors (Lipinski definition) is 3. The Kier molecular flexibility index (Phi) is 9.83. The van der Waals surface area contributed by atoms with Crippen LogP contribution in [0.2, 0.25) is 0 Å². The first-order chi connectivity index (χ1) is 6.70. The number of ether oxygens (including phenoxy) is 2. The van der Waals surface area contributed by atoms with Crippen LogP contribution in [-0.2, 0) is 9.47 Å². The van der Waals surface area contributed by atoms with Crippen LogP contribution < -0.4 is 5.32 Å². The predicted molar refractivity (Wildman–Crippen MR) is 60.1 cm³/mol. The molecule has 0 amide bonds. The summed E-state index contributed by atoms with van der Waals surface area (Å²) in [6, 6.07) is 0.487. The Morgan fingerprint density at radius 1 is 1.21 bits per heavy atom. The van der Waals surface area contributed by atoms with Gasteiger partial charge < -0.3 is 14.8 Å². The van der Waals surface area contributed by atoms with Gasteiger partial charge in [-0.1, -0.05) is 0 Å². The molecule has 0 heterocycles. The molecule has 0 saturated heterocycles. The second-order valence-corrected chi connectivity index (χ2v) is 4.10. The van der Waals surface area contributed by atoms with Gasteiger partial charge in [0.15, 0.2) is 0 Å². The molecule has 4 heteroatoms. The van der Waals surface area contributed by atoms with Crippen molar-refractivity contribution in [3.63, 3.8) is 0 Å². The summed E-state index contributed by atoms with van der Waals surface area (Å²) in [5.41, 5.74) is 0. The highest BCUT2D eigenvalue weighted by Crippen LogP contribution is 2.01. The number of alkyl halides is 1. The standard InChI is InChI=1S/C10H22ClNO2/c1-9(5-7-13-2)12-6-4-10(11)8-14-3/h9-10,12H,4-8H2,1-3H3. The minimum Gasteiger partial charge on any atom is -0.385 e. The second-order valence-electron chi connectivity index (χ2n) is 3.48. The summed E-state index contributed by atoms with van der Waals surface area (Å²) in [6.45, 7) is 4.51. The van der Waals surface area contributed by atoms with E-state index < -0.39 is 0 Å². The summed E-state index contributed by atoms with van der Waals surface area (Å²) in [4.78, 5) is 0. The Labute approximate surface area is 92.1 Å². The van der Waals surface area contributed by atoms with E-state index >= 15 is 0 Å². The van der Waals surface area contributed by atoms with Crippen LogP contribution in [0.25, 0.3) is 0 Å². The van der Waals surface area contributed by atoms with Crippen LogP contribution in [0.1, 0.15) is 19.8 Å². The third kappa shape index (κ3) is 8.75.